The number of aromatic nitrogens is 2. The fraction of sp³-hybridized carbons (Fsp3) is 0.133. The van der Waals surface area contributed by atoms with Gasteiger partial charge < -0.3 is 5.32 Å². The van der Waals surface area contributed by atoms with Gasteiger partial charge in [0.1, 0.15) is 11.6 Å². The molecular formula is C15H13F2N3. The Morgan fingerprint density at radius 2 is 2.00 bits per heavy atom. The molecule has 0 fully saturated rings. The summed E-state index contributed by atoms with van der Waals surface area (Å²) in [6.45, 7) is 0. The molecule has 3 rings (SSSR count). The summed E-state index contributed by atoms with van der Waals surface area (Å²) in [5.41, 5.74) is 1.93. The van der Waals surface area contributed by atoms with Gasteiger partial charge in [-0.3, -0.25) is 0 Å². The number of hydrogen-bond donors (Lipinski definition) is 1. The van der Waals surface area contributed by atoms with E-state index in [0.717, 1.165) is 23.2 Å². The predicted molar refractivity (Wildman–Crippen MR) is 72.5 cm³/mol. The standard InChI is InChI=1S/C15H13F2N3/c1-18-15(11-8-10(16)5-6-13(11)17)12-9-19-20-7-3-2-4-14(12)20/h2-9,15,18H,1H3. The maximum absolute atomic E-state index is 14.0. The van der Waals surface area contributed by atoms with Crippen molar-refractivity contribution in [3.63, 3.8) is 0 Å². The molecule has 0 spiro atoms. The molecule has 1 N–H and O–H groups in total. The second-order valence-electron chi connectivity index (χ2n) is 4.52. The molecule has 1 atom stereocenters. The molecule has 0 saturated carbocycles. The third-order valence-electron chi connectivity index (χ3n) is 3.33. The lowest BCUT2D eigenvalue weighted by atomic mass is 9.99. The van der Waals surface area contributed by atoms with Crippen molar-refractivity contribution in [3.05, 3.63) is 71.6 Å². The van der Waals surface area contributed by atoms with Gasteiger partial charge in [0.15, 0.2) is 0 Å². The minimum Gasteiger partial charge on any atom is -0.309 e. The topological polar surface area (TPSA) is 29.3 Å². The van der Waals surface area contributed by atoms with Crippen molar-refractivity contribution >= 4 is 5.52 Å². The van der Waals surface area contributed by atoms with E-state index in [9.17, 15) is 8.78 Å². The fourth-order valence-electron chi connectivity index (χ4n) is 2.39. The van der Waals surface area contributed by atoms with Gasteiger partial charge in [0, 0.05) is 17.3 Å². The molecule has 3 aromatic rings. The van der Waals surface area contributed by atoms with Crippen molar-refractivity contribution in [3.8, 4) is 0 Å². The normalized spacial score (nSPS) is 12.8. The number of halogens is 2. The van der Waals surface area contributed by atoms with E-state index in [1.54, 1.807) is 17.8 Å². The molecular weight excluding hydrogens is 260 g/mol. The van der Waals surface area contributed by atoms with E-state index in [4.69, 9.17) is 0 Å². The zero-order valence-electron chi connectivity index (χ0n) is 10.8. The van der Waals surface area contributed by atoms with Crippen LogP contribution in [0.4, 0.5) is 8.78 Å². The van der Waals surface area contributed by atoms with Gasteiger partial charge in [0.05, 0.1) is 17.8 Å². The van der Waals surface area contributed by atoms with Crippen LogP contribution in [0.15, 0.2) is 48.8 Å². The quantitative estimate of drug-likeness (QED) is 0.795. The van der Waals surface area contributed by atoms with Crippen LogP contribution < -0.4 is 5.32 Å². The van der Waals surface area contributed by atoms with Gasteiger partial charge in [-0.05, 0) is 37.4 Å². The van der Waals surface area contributed by atoms with Gasteiger partial charge in [-0.1, -0.05) is 6.07 Å². The van der Waals surface area contributed by atoms with Crippen molar-refractivity contribution < 1.29 is 8.78 Å². The first-order chi connectivity index (χ1) is 9.70. The smallest absolute Gasteiger partial charge is 0.128 e. The van der Waals surface area contributed by atoms with Crippen LogP contribution in [0.2, 0.25) is 0 Å². The molecule has 0 radical (unpaired) electrons. The molecule has 2 heterocycles. The summed E-state index contributed by atoms with van der Waals surface area (Å²) in [6, 6.07) is 8.65. The molecule has 20 heavy (non-hydrogen) atoms. The molecule has 0 amide bonds. The summed E-state index contributed by atoms with van der Waals surface area (Å²) in [5.74, 6) is -0.904. The number of hydrogen-bond acceptors (Lipinski definition) is 2. The number of nitrogens with one attached hydrogen (secondary N) is 1. The summed E-state index contributed by atoms with van der Waals surface area (Å²) in [4.78, 5) is 0. The number of benzene rings is 1. The van der Waals surface area contributed by atoms with Crippen molar-refractivity contribution in [2.45, 2.75) is 6.04 Å². The monoisotopic (exact) mass is 273 g/mol. The molecule has 0 aliphatic heterocycles. The van der Waals surface area contributed by atoms with Gasteiger partial charge in [0.25, 0.3) is 0 Å². The van der Waals surface area contributed by atoms with Gasteiger partial charge in [-0.2, -0.15) is 5.10 Å². The third-order valence-corrected chi connectivity index (χ3v) is 3.33. The van der Waals surface area contributed by atoms with Crippen LogP contribution in [-0.4, -0.2) is 16.7 Å². The average Bonchev–Trinajstić information content (AvgIpc) is 2.88. The summed E-state index contributed by atoms with van der Waals surface area (Å²) >= 11 is 0. The Hall–Kier alpha value is -2.27. The first-order valence-corrected chi connectivity index (χ1v) is 6.25. The second-order valence-corrected chi connectivity index (χ2v) is 4.52. The maximum Gasteiger partial charge on any atom is 0.128 e. The molecule has 0 aliphatic carbocycles. The van der Waals surface area contributed by atoms with E-state index in [0.29, 0.717) is 0 Å². The van der Waals surface area contributed by atoms with E-state index in [1.165, 1.54) is 6.07 Å². The Balaban J connectivity index is 2.16. The summed E-state index contributed by atoms with van der Waals surface area (Å²) in [5, 5.41) is 7.25. The van der Waals surface area contributed by atoms with Crippen molar-refractivity contribution in [2.24, 2.45) is 0 Å². The fourth-order valence-corrected chi connectivity index (χ4v) is 2.39. The molecule has 3 nitrogen and oxygen atoms in total. The number of nitrogens with zero attached hydrogens (tertiary/aromatic N) is 2. The first kappa shape index (κ1) is 12.7. The van der Waals surface area contributed by atoms with E-state index in [2.05, 4.69) is 10.4 Å². The number of fused-ring (bicyclic) bond motifs is 1. The van der Waals surface area contributed by atoms with E-state index >= 15 is 0 Å². The Bertz CT molecular complexity index is 752. The van der Waals surface area contributed by atoms with Crippen LogP contribution in [0, 0.1) is 11.6 Å². The zero-order valence-corrected chi connectivity index (χ0v) is 10.8. The number of rotatable bonds is 3. The lowest BCUT2D eigenvalue weighted by Crippen LogP contribution is -2.19. The minimum absolute atomic E-state index is 0.270. The van der Waals surface area contributed by atoms with Gasteiger partial charge in [-0.25, -0.2) is 13.3 Å². The van der Waals surface area contributed by atoms with Crippen molar-refractivity contribution in [2.75, 3.05) is 7.05 Å². The average molecular weight is 273 g/mol. The van der Waals surface area contributed by atoms with Crippen LogP contribution in [-0.2, 0) is 0 Å². The van der Waals surface area contributed by atoms with Crippen LogP contribution in [0.1, 0.15) is 17.2 Å². The van der Waals surface area contributed by atoms with Crippen LogP contribution in [0.25, 0.3) is 5.52 Å². The van der Waals surface area contributed by atoms with Crippen LogP contribution in [0.5, 0.6) is 0 Å². The highest BCUT2D eigenvalue weighted by Crippen LogP contribution is 2.27. The van der Waals surface area contributed by atoms with Crippen molar-refractivity contribution in [1.29, 1.82) is 0 Å². The lowest BCUT2D eigenvalue weighted by Gasteiger charge is -2.16. The third kappa shape index (κ3) is 2.06. The van der Waals surface area contributed by atoms with Gasteiger partial charge >= 0.3 is 0 Å². The van der Waals surface area contributed by atoms with E-state index in [-0.39, 0.29) is 5.56 Å². The largest absolute Gasteiger partial charge is 0.309 e. The Morgan fingerprint density at radius 1 is 1.15 bits per heavy atom. The molecule has 1 unspecified atom stereocenters. The Labute approximate surface area is 114 Å². The lowest BCUT2D eigenvalue weighted by molar-refractivity contribution is 0.559. The maximum atomic E-state index is 14.0. The van der Waals surface area contributed by atoms with Crippen molar-refractivity contribution in [1.82, 2.24) is 14.9 Å². The second kappa shape index (κ2) is 5.02. The molecule has 0 aliphatic rings. The molecule has 2 aromatic heterocycles. The van der Waals surface area contributed by atoms with E-state index in [1.807, 2.05) is 24.4 Å². The summed E-state index contributed by atoms with van der Waals surface area (Å²) in [7, 11) is 1.71. The number of pyridine rings is 1. The summed E-state index contributed by atoms with van der Waals surface area (Å²) in [6.07, 6.45) is 3.48. The predicted octanol–water partition coefficient (Wildman–Crippen LogP) is 2.92. The first-order valence-electron chi connectivity index (χ1n) is 6.25. The molecule has 0 saturated heterocycles. The van der Waals surface area contributed by atoms with Gasteiger partial charge in [0.2, 0.25) is 0 Å². The van der Waals surface area contributed by atoms with E-state index < -0.39 is 17.7 Å². The Morgan fingerprint density at radius 3 is 2.80 bits per heavy atom. The highest BCUT2D eigenvalue weighted by atomic mass is 19.1. The highest BCUT2D eigenvalue weighted by molar-refractivity contribution is 5.57. The zero-order chi connectivity index (χ0) is 14.1. The van der Waals surface area contributed by atoms with Crippen LogP contribution in [0.3, 0.4) is 0 Å². The van der Waals surface area contributed by atoms with Crippen LogP contribution >= 0.6 is 0 Å². The molecule has 102 valence electrons. The highest BCUT2D eigenvalue weighted by Gasteiger charge is 2.20. The molecule has 1 aromatic carbocycles. The van der Waals surface area contributed by atoms with Gasteiger partial charge in [-0.15, -0.1) is 0 Å². The molecule has 5 heteroatoms. The minimum atomic E-state index is -0.460. The SMILES string of the molecule is CNC(c1cc(F)ccc1F)c1cnn2ccccc12. The Kier molecular flexibility index (Phi) is 3.20. The summed E-state index contributed by atoms with van der Waals surface area (Å²) < 4.78 is 29.1. The molecule has 0 bridgehead atoms.